The molecule has 0 aliphatic carbocycles. The molecule has 0 N–H and O–H groups in total. The molecule has 0 aliphatic heterocycles. The molecule has 1 aromatic carbocycles. The Kier molecular flexibility index (Phi) is 4.82. The SMILES string of the molecule is C=CCn1c(Sc2nc(C)nc3c2cnn3C)nnc1-c1ccccc1OC. The molecule has 0 fully saturated rings. The smallest absolute Gasteiger partial charge is 0.198 e. The summed E-state index contributed by atoms with van der Waals surface area (Å²) in [5.41, 5.74) is 1.66. The number of hydrogen-bond donors (Lipinski definition) is 0. The molecule has 0 atom stereocenters. The number of methoxy groups -OCH3 is 1. The van der Waals surface area contributed by atoms with Gasteiger partial charge in [0.05, 0.1) is 24.3 Å². The minimum absolute atomic E-state index is 0.558. The number of allylic oxidation sites excluding steroid dienone is 1. The molecule has 0 spiro atoms. The topological polar surface area (TPSA) is 83.5 Å². The summed E-state index contributed by atoms with van der Waals surface area (Å²) in [6.07, 6.45) is 3.59. The normalized spacial score (nSPS) is 11.1. The van der Waals surface area contributed by atoms with Crippen molar-refractivity contribution in [3.63, 3.8) is 0 Å². The van der Waals surface area contributed by atoms with Gasteiger partial charge in [-0.2, -0.15) is 5.10 Å². The van der Waals surface area contributed by atoms with Gasteiger partial charge in [-0.05, 0) is 30.8 Å². The van der Waals surface area contributed by atoms with Crippen molar-refractivity contribution in [2.75, 3.05) is 7.11 Å². The van der Waals surface area contributed by atoms with Crippen molar-refractivity contribution in [1.29, 1.82) is 0 Å². The molecule has 0 amide bonds. The summed E-state index contributed by atoms with van der Waals surface area (Å²) in [4.78, 5) is 9.07. The first kappa shape index (κ1) is 18.2. The van der Waals surface area contributed by atoms with Gasteiger partial charge in [0.2, 0.25) is 0 Å². The van der Waals surface area contributed by atoms with E-state index in [1.165, 1.54) is 11.8 Å². The highest BCUT2D eigenvalue weighted by atomic mass is 32.2. The number of hydrogen-bond acceptors (Lipinski definition) is 7. The number of nitrogens with zero attached hydrogens (tertiary/aromatic N) is 7. The van der Waals surface area contributed by atoms with Crippen molar-refractivity contribution in [2.45, 2.75) is 23.7 Å². The Morgan fingerprint density at radius 2 is 2.04 bits per heavy atom. The lowest BCUT2D eigenvalue weighted by atomic mass is 10.2. The van der Waals surface area contributed by atoms with E-state index in [1.54, 1.807) is 18.0 Å². The highest BCUT2D eigenvalue weighted by Crippen LogP contribution is 2.34. The van der Waals surface area contributed by atoms with Crippen molar-refractivity contribution in [3.8, 4) is 17.1 Å². The molecule has 3 heterocycles. The zero-order valence-corrected chi connectivity index (χ0v) is 16.6. The number of ether oxygens (including phenoxy) is 1. The van der Waals surface area contributed by atoms with E-state index in [2.05, 4.69) is 31.8 Å². The maximum atomic E-state index is 5.49. The Morgan fingerprint density at radius 1 is 1.21 bits per heavy atom. The fraction of sp³-hybridized carbons (Fsp3) is 0.211. The van der Waals surface area contributed by atoms with E-state index >= 15 is 0 Å². The van der Waals surface area contributed by atoms with Crippen LogP contribution in [0.5, 0.6) is 5.75 Å². The third-order valence-electron chi connectivity index (χ3n) is 4.23. The van der Waals surface area contributed by atoms with E-state index in [9.17, 15) is 0 Å². The zero-order chi connectivity index (χ0) is 19.7. The van der Waals surface area contributed by atoms with Gasteiger partial charge in [-0.1, -0.05) is 18.2 Å². The van der Waals surface area contributed by atoms with Crippen LogP contribution in [0.25, 0.3) is 22.4 Å². The van der Waals surface area contributed by atoms with Gasteiger partial charge in [-0.15, -0.1) is 16.8 Å². The molecule has 0 aliphatic rings. The van der Waals surface area contributed by atoms with Gasteiger partial charge >= 0.3 is 0 Å². The molecule has 3 aromatic heterocycles. The van der Waals surface area contributed by atoms with Crippen LogP contribution in [0, 0.1) is 6.92 Å². The molecule has 0 unspecified atom stereocenters. The fourth-order valence-electron chi connectivity index (χ4n) is 2.95. The lowest BCUT2D eigenvalue weighted by molar-refractivity contribution is 0.416. The lowest BCUT2D eigenvalue weighted by Gasteiger charge is -2.10. The lowest BCUT2D eigenvalue weighted by Crippen LogP contribution is -2.02. The first-order valence-corrected chi connectivity index (χ1v) is 9.45. The summed E-state index contributed by atoms with van der Waals surface area (Å²) in [5.74, 6) is 2.13. The summed E-state index contributed by atoms with van der Waals surface area (Å²) in [5, 5.41) is 15.5. The molecular weight excluding hydrogens is 374 g/mol. The van der Waals surface area contributed by atoms with Gasteiger partial charge in [0.1, 0.15) is 16.6 Å². The van der Waals surface area contributed by atoms with Crippen molar-refractivity contribution >= 4 is 22.8 Å². The Morgan fingerprint density at radius 3 is 2.82 bits per heavy atom. The second kappa shape index (κ2) is 7.43. The minimum Gasteiger partial charge on any atom is -0.496 e. The average molecular weight is 393 g/mol. The first-order valence-electron chi connectivity index (χ1n) is 8.64. The van der Waals surface area contributed by atoms with Gasteiger partial charge in [-0.25, -0.2) is 9.97 Å². The maximum absolute atomic E-state index is 5.49. The molecule has 0 saturated heterocycles. The van der Waals surface area contributed by atoms with Gasteiger partial charge in [0.25, 0.3) is 0 Å². The molecule has 28 heavy (non-hydrogen) atoms. The van der Waals surface area contributed by atoms with E-state index < -0.39 is 0 Å². The molecule has 0 radical (unpaired) electrons. The van der Waals surface area contributed by atoms with Gasteiger partial charge < -0.3 is 4.74 Å². The summed E-state index contributed by atoms with van der Waals surface area (Å²) in [6.45, 7) is 6.30. The quantitative estimate of drug-likeness (QED) is 0.367. The fourth-order valence-corrected chi connectivity index (χ4v) is 3.91. The van der Waals surface area contributed by atoms with Crippen LogP contribution in [-0.2, 0) is 13.6 Å². The Labute approximate surface area is 166 Å². The van der Waals surface area contributed by atoms with Crippen molar-refractivity contribution in [3.05, 3.63) is 48.9 Å². The molecule has 0 saturated carbocycles. The average Bonchev–Trinajstić information content (AvgIpc) is 3.26. The third kappa shape index (κ3) is 3.13. The molecule has 8 nitrogen and oxygen atoms in total. The molecule has 4 rings (SSSR count). The van der Waals surface area contributed by atoms with Gasteiger partial charge in [0.15, 0.2) is 16.6 Å². The van der Waals surface area contributed by atoms with Crippen LogP contribution in [0.1, 0.15) is 5.82 Å². The van der Waals surface area contributed by atoms with E-state index in [0.29, 0.717) is 23.4 Å². The predicted octanol–water partition coefficient (Wildman–Crippen LogP) is 3.28. The van der Waals surface area contributed by atoms with Crippen LogP contribution >= 0.6 is 11.8 Å². The summed E-state index contributed by atoms with van der Waals surface area (Å²) < 4.78 is 9.23. The first-order chi connectivity index (χ1) is 13.6. The summed E-state index contributed by atoms with van der Waals surface area (Å²) in [6, 6.07) is 7.74. The van der Waals surface area contributed by atoms with Crippen LogP contribution in [-0.4, -0.2) is 41.6 Å². The van der Waals surface area contributed by atoms with Crippen LogP contribution in [0.15, 0.2) is 53.3 Å². The molecule has 0 bridgehead atoms. The van der Waals surface area contributed by atoms with Crippen molar-refractivity contribution in [1.82, 2.24) is 34.5 Å². The molecule has 142 valence electrons. The Hall–Kier alpha value is -3.20. The highest BCUT2D eigenvalue weighted by Gasteiger charge is 2.19. The Bertz CT molecular complexity index is 1160. The zero-order valence-electron chi connectivity index (χ0n) is 15.8. The van der Waals surface area contributed by atoms with Crippen LogP contribution in [0.3, 0.4) is 0 Å². The minimum atomic E-state index is 0.558. The molecular formula is C19H19N7OS. The predicted molar refractivity (Wildman–Crippen MR) is 107 cm³/mol. The molecule has 9 heteroatoms. The van der Waals surface area contributed by atoms with Crippen LogP contribution in [0.2, 0.25) is 0 Å². The second-order valence-electron chi connectivity index (χ2n) is 6.09. The van der Waals surface area contributed by atoms with E-state index in [0.717, 1.165) is 27.4 Å². The second-order valence-corrected chi connectivity index (χ2v) is 7.05. The maximum Gasteiger partial charge on any atom is 0.198 e. The van der Waals surface area contributed by atoms with Gasteiger partial charge in [0, 0.05) is 13.6 Å². The molecule has 4 aromatic rings. The standard InChI is InChI=1S/C19H19N7OS/c1-5-10-26-17(13-8-6-7-9-15(13)27-4)23-24-19(26)28-18-14-11-20-25(3)16(14)21-12(2)22-18/h5-9,11H,1,10H2,2-4H3. The van der Waals surface area contributed by atoms with E-state index in [1.807, 2.05) is 48.9 Å². The van der Waals surface area contributed by atoms with E-state index in [4.69, 9.17) is 4.74 Å². The van der Waals surface area contributed by atoms with Gasteiger partial charge in [-0.3, -0.25) is 9.25 Å². The highest BCUT2D eigenvalue weighted by molar-refractivity contribution is 7.99. The largest absolute Gasteiger partial charge is 0.496 e. The van der Waals surface area contributed by atoms with Crippen molar-refractivity contribution < 1.29 is 4.74 Å². The number of fused-ring (bicyclic) bond motifs is 1. The number of para-hydroxylation sites is 1. The van der Waals surface area contributed by atoms with Crippen LogP contribution < -0.4 is 4.74 Å². The number of benzene rings is 1. The number of aromatic nitrogens is 7. The van der Waals surface area contributed by atoms with Crippen molar-refractivity contribution in [2.24, 2.45) is 7.05 Å². The monoisotopic (exact) mass is 393 g/mol. The third-order valence-corrected chi connectivity index (χ3v) is 5.22. The number of aryl methyl sites for hydroxylation is 2. The number of rotatable bonds is 6. The Balaban J connectivity index is 1.82. The van der Waals surface area contributed by atoms with Crippen LogP contribution in [0.4, 0.5) is 0 Å². The summed E-state index contributed by atoms with van der Waals surface area (Å²) in [7, 11) is 3.51. The van der Waals surface area contributed by atoms with E-state index in [-0.39, 0.29) is 0 Å². The summed E-state index contributed by atoms with van der Waals surface area (Å²) >= 11 is 1.44.